The van der Waals surface area contributed by atoms with Crippen molar-refractivity contribution in [1.82, 2.24) is 0 Å². The number of hydrogen-bond acceptors (Lipinski definition) is 2. The Kier molecular flexibility index (Phi) is 499000. The molecule has 0 aromatic carbocycles. The zero-order chi connectivity index (χ0) is 4.28. The minimum atomic E-state index is -0.968. The second-order valence-electron chi connectivity index (χ2n) is 0.598. The first-order chi connectivity index (χ1) is 2.27. The molecule has 238 valence electrons. The van der Waals surface area contributed by atoms with E-state index in [-0.39, 0.29) is 149 Å². The number of nitrogens with two attached hydrogens (primary N) is 1. The second-order valence-corrected chi connectivity index (χ2v) is 0.598. The maximum atomic E-state index is 9.24. The molecule has 0 bridgehead atoms. The third-order valence-electron chi connectivity index (χ3n) is 0.175. The van der Waals surface area contributed by atoms with Crippen LogP contribution in [0, 0.1) is 0 Å². The molecule has 0 unspecified atom stereocenters. The van der Waals surface area contributed by atoms with Crippen molar-refractivity contribution >= 4 is 5.97 Å². The number of carboxylic acid groups (broad SMARTS) is 1. The van der Waals surface area contributed by atoms with Gasteiger partial charge >= 0.3 is 5.97 Å². The number of carboxylic acids is 1. The number of hydrogen-bond donors (Lipinski definition) is 2. The summed E-state index contributed by atoms with van der Waals surface area (Å²) in [5.74, 6) is -0.968. The van der Waals surface area contributed by atoms with Crippen LogP contribution in [0.5, 0.6) is 0 Å². The Balaban J connectivity index is -0.000000000246. The first kappa shape index (κ1) is 4150. The molecule has 0 spiro atoms. The first-order valence-corrected chi connectivity index (χ1v) is 1.19. The van der Waals surface area contributed by atoms with Gasteiger partial charge in [-0.3, -0.25) is 4.79 Å². The van der Waals surface area contributed by atoms with Crippen LogP contribution in [0.4, 0.5) is 0 Å². The minimum Gasteiger partial charge on any atom is -0.480 e. The SMILES string of the molecule is NCC(=O)O.O.O.O.O.O.O.O.O.O.O.O.O.O.O.O.O.O.O.O.O.O.O.O.O.O.O. The van der Waals surface area contributed by atoms with Gasteiger partial charge in [-0.1, -0.05) is 0 Å². The van der Waals surface area contributed by atoms with Crippen molar-refractivity contribution in [3.05, 3.63) is 0 Å². The van der Waals surface area contributed by atoms with Crippen molar-refractivity contribution in [1.29, 1.82) is 0 Å². The molecule has 0 saturated carbocycles. The molecule has 0 aliphatic carbocycles. The molecular weight excluding hydrogens is 486 g/mol. The molecule has 0 aromatic heterocycles. The Morgan fingerprint density at radius 2 is 0.387 bits per heavy atom. The lowest BCUT2D eigenvalue weighted by atomic mass is 10.7. The Morgan fingerprint density at radius 1 is 0.355 bits per heavy atom. The largest absolute Gasteiger partial charge is 0.480 e. The van der Waals surface area contributed by atoms with Crippen LogP contribution >= 0.6 is 0 Å². The van der Waals surface area contributed by atoms with Gasteiger partial charge in [-0.15, -0.1) is 0 Å². The molecule has 0 aromatic rings. The van der Waals surface area contributed by atoms with E-state index in [4.69, 9.17) is 5.11 Å². The first-order valence-electron chi connectivity index (χ1n) is 1.19. The lowest BCUT2D eigenvalue weighted by molar-refractivity contribution is -0.135. The fraction of sp³-hybridized carbons (Fsp3) is 0.500. The normalized spacial score (nSPS) is 1.19. The Hall–Kier alpha value is -1.61. The highest BCUT2D eigenvalue weighted by molar-refractivity contribution is 5.68. The van der Waals surface area contributed by atoms with Crippen molar-refractivity contribution in [2.45, 2.75) is 0 Å². The third-order valence-corrected chi connectivity index (χ3v) is 0.175. The number of aliphatic carboxylic acids is 1. The molecular formula is C2H57NO28. The van der Waals surface area contributed by atoms with Gasteiger partial charge in [-0.25, -0.2) is 0 Å². The van der Waals surface area contributed by atoms with Crippen LogP contribution in [0.25, 0.3) is 0 Å². The molecule has 29 heteroatoms. The van der Waals surface area contributed by atoms with Gasteiger partial charge < -0.3 is 153 Å². The molecule has 55 N–H and O–H groups in total. The van der Waals surface area contributed by atoms with Crippen LogP contribution in [-0.4, -0.2) is 160 Å². The second kappa shape index (κ2) is 3730. The van der Waals surface area contributed by atoms with Gasteiger partial charge in [0, 0.05) is 0 Å². The Labute approximate surface area is 172 Å². The van der Waals surface area contributed by atoms with Crippen LogP contribution in [0.3, 0.4) is 0 Å². The average molecular weight is 543 g/mol. The predicted octanol–water partition coefficient (Wildman–Crippen LogP) is -22.4. The predicted molar refractivity (Wildman–Crippen MR) is 111 cm³/mol. The highest BCUT2D eigenvalue weighted by Crippen LogP contribution is 1.43. The smallest absolute Gasteiger partial charge is 0.317 e. The van der Waals surface area contributed by atoms with Crippen molar-refractivity contribution in [3.8, 4) is 0 Å². The topological polar surface area (TPSA) is 882 Å². The summed E-state index contributed by atoms with van der Waals surface area (Å²) < 4.78 is 0. The maximum Gasteiger partial charge on any atom is 0.317 e. The molecule has 0 amide bonds. The van der Waals surface area contributed by atoms with Gasteiger partial charge in [0.15, 0.2) is 0 Å². The van der Waals surface area contributed by atoms with E-state index in [9.17, 15) is 4.79 Å². The summed E-state index contributed by atoms with van der Waals surface area (Å²) in [7, 11) is 0. The van der Waals surface area contributed by atoms with Gasteiger partial charge in [-0.05, 0) is 0 Å². The summed E-state index contributed by atoms with van der Waals surface area (Å²) in [4.78, 5) is 9.24. The molecule has 0 heterocycles. The third kappa shape index (κ3) is 130000. The van der Waals surface area contributed by atoms with Crippen LogP contribution in [-0.2, 0) is 4.79 Å². The number of carbonyl (C=O) groups is 1. The zero-order valence-corrected chi connectivity index (χ0v) is 15.6. The van der Waals surface area contributed by atoms with E-state index in [0.29, 0.717) is 0 Å². The van der Waals surface area contributed by atoms with E-state index in [0.717, 1.165) is 0 Å². The Morgan fingerprint density at radius 3 is 0.387 bits per heavy atom. The van der Waals surface area contributed by atoms with Gasteiger partial charge in [-0.2, -0.15) is 0 Å². The molecule has 29 nitrogen and oxygen atoms in total. The molecule has 0 aliphatic heterocycles. The van der Waals surface area contributed by atoms with Crippen LogP contribution < -0.4 is 5.73 Å². The fourth-order valence-corrected chi connectivity index (χ4v) is 0. The van der Waals surface area contributed by atoms with Gasteiger partial charge in [0.05, 0.1) is 6.54 Å². The maximum absolute atomic E-state index is 9.24. The molecule has 0 atom stereocenters. The highest BCUT2D eigenvalue weighted by atomic mass is 16.4. The van der Waals surface area contributed by atoms with Gasteiger partial charge in [0.1, 0.15) is 0 Å². The van der Waals surface area contributed by atoms with E-state index in [1.54, 1.807) is 0 Å². The lowest BCUT2D eigenvalue weighted by Gasteiger charge is -1.73. The van der Waals surface area contributed by atoms with Crippen LogP contribution in [0.2, 0.25) is 0 Å². The molecule has 0 aliphatic rings. The van der Waals surface area contributed by atoms with E-state index in [1.165, 1.54) is 0 Å². The van der Waals surface area contributed by atoms with E-state index < -0.39 is 5.97 Å². The van der Waals surface area contributed by atoms with Gasteiger partial charge in [0.2, 0.25) is 0 Å². The quantitative estimate of drug-likeness (QED) is 0.325. The molecule has 0 radical (unpaired) electrons. The monoisotopic (exact) mass is 543 g/mol. The summed E-state index contributed by atoms with van der Waals surface area (Å²) in [5.41, 5.74) is 4.57. The van der Waals surface area contributed by atoms with Crippen molar-refractivity contribution in [2.75, 3.05) is 6.54 Å². The van der Waals surface area contributed by atoms with Crippen LogP contribution in [0.1, 0.15) is 0 Å². The van der Waals surface area contributed by atoms with E-state index in [2.05, 4.69) is 5.73 Å². The summed E-state index contributed by atoms with van der Waals surface area (Å²) in [6.07, 6.45) is 0. The summed E-state index contributed by atoms with van der Waals surface area (Å²) in [6.45, 7) is -0.278. The average Bonchev–Trinajstić information content (AvgIpc) is 1.38. The van der Waals surface area contributed by atoms with E-state index >= 15 is 0 Å². The molecule has 0 saturated heterocycles. The zero-order valence-electron chi connectivity index (χ0n) is 15.6. The van der Waals surface area contributed by atoms with Crippen LogP contribution in [0.15, 0.2) is 0 Å². The van der Waals surface area contributed by atoms with E-state index in [1.807, 2.05) is 0 Å². The summed E-state index contributed by atoms with van der Waals surface area (Å²) in [6, 6.07) is 0. The lowest BCUT2D eigenvalue weighted by Crippen LogP contribution is -2.10. The standard InChI is InChI=1S/C2H5NO2.26H2O/c3-1-2(4)5;;;;;;;;;;;;;;;;;;;;;;;;;;/h1,3H2,(H,4,5);26*1H2. The summed E-state index contributed by atoms with van der Waals surface area (Å²) >= 11 is 0. The summed E-state index contributed by atoms with van der Waals surface area (Å²) in [5, 5.41) is 7.60. The fourth-order valence-electron chi connectivity index (χ4n) is 0. The minimum absolute atomic E-state index is 0. The molecule has 31 heavy (non-hydrogen) atoms. The highest BCUT2D eigenvalue weighted by Gasteiger charge is 1.81. The van der Waals surface area contributed by atoms with Crippen molar-refractivity contribution in [2.24, 2.45) is 5.73 Å². The molecule has 0 rings (SSSR count). The van der Waals surface area contributed by atoms with Gasteiger partial charge in [0.25, 0.3) is 0 Å². The number of rotatable bonds is 1. The van der Waals surface area contributed by atoms with Crippen molar-refractivity contribution in [3.63, 3.8) is 0 Å². The Bertz CT molecular complexity index is 52.3. The van der Waals surface area contributed by atoms with Crippen molar-refractivity contribution < 1.29 is 152 Å². The molecule has 0 fully saturated rings.